The lowest BCUT2D eigenvalue weighted by Crippen LogP contribution is -2.37. The van der Waals surface area contributed by atoms with Crippen molar-refractivity contribution in [1.29, 1.82) is 0 Å². The van der Waals surface area contributed by atoms with Crippen molar-refractivity contribution < 1.29 is 19.2 Å². The van der Waals surface area contributed by atoms with Crippen molar-refractivity contribution in [2.45, 2.75) is 18.9 Å². The van der Waals surface area contributed by atoms with Crippen LogP contribution in [0.4, 0.5) is 10.1 Å². The maximum absolute atomic E-state index is 13.5. The van der Waals surface area contributed by atoms with Gasteiger partial charge in [-0.25, -0.2) is 0 Å². The van der Waals surface area contributed by atoms with E-state index < -0.39 is 22.3 Å². The van der Waals surface area contributed by atoms with Crippen LogP contribution in [-0.4, -0.2) is 40.0 Å². The number of nitro benzene ring substituents is 1. The van der Waals surface area contributed by atoms with Crippen LogP contribution in [0.25, 0.3) is 0 Å². The molecule has 1 saturated heterocycles. The first kappa shape index (κ1) is 13.4. The first-order chi connectivity index (χ1) is 9.04. The summed E-state index contributed by atoms with van der Waals surface area (Å²) >= 11 is 0. The highest BCUT2D eigenvalue weighted by Crippen LogP contribution is 2.23. The molecule has 1 heterocycles. The van der Waals surface area contributed by atoms with E-state index in [1.54, 1.807) is 0 Å². The third kappa shape index (κ3) is 2.55. The number of hydrogen-bond acceptors (Lipinski definition) is 4. The van der Waals surface area contributed by atoms with Gasteiger partial charge in [0.15, 0.2) is 0 Å². The summed E-state index contributed by atoms with van der Waals surface area (Å²) in [5.41, 5.74) is -0.597. The molecule has 0 unspecified atom stereocenters. The Labute approximate surface area is 108 Å². The van der Waals surface area contributed by atoms with Crippen molar-refractivity contribution in [3.05, 3.63) is 39.7 Å². The Morgan fingerprint density at radius 3 is 2.89 bits per heavy atom. The number of aliphatic hydroxyl groups is 1. The van der Waals surface area contributed by atoms with Gasteiger partial charge >= 0.3 is 5.69 Å². The molecule has 0 aliphatic carbocycles. The van der Waals surface area contributed by atoms with E-state index in [9.17, 15) is 19.3 Å². The number of carbonyl (C=O) groups excluding carboxylic acids is 1. The Morgan fingerprint density at radius 1 is 1.58 bits per heavy atom. The summed E-state index contributed by atoms with van der Waals surface area (Å²) in [5.74, 6) is -1.44. The Bertz CT molecular complexity index is 520. The molecule has 7 heteroatoms. The van der Waals surface area contributed by atoms with E-state index in [1.807, 2.05) is 0 Å². The van der Waals surface area contributed by atoms with Crippen LogP contribution in [0, 0.1) is 15.9 Å². The molecule has 1 aromatic rings. The summed E-state index contributed by atoms with van der Waals surface area (Å²) in [4.78, 5) is 23.3. The van der Waals surface area contributed by atoms with Crippen LogP contribution in [0.15, 0.2) is 18.2 Å². The number of halogens is 1. The summed E-state index contributed by atoms with van der Waals surface area (Å²) in [5, 5.41) is 19.6. The number of likely N-dealkylation sites (tertiary alicyclic amines) is 1. The predicted molar refractivity (Wildman–Crippen MR) is 64.2 cm³/mol. The topological polar surface area (TPSA) is 83.7 Å². The van der Waals surface area contributed by atoms with Crippen molar-refractivity contribution in [3.8, 4) is 0 Å². The Morgan fingerprint density at radius 2 is 2.32 bits per heavy atom. The molecular formula is C12H13FN2O4. The van der Waals surface area contributed by atoms with Gasteiger partial charge in [-0.3, -0.25) is 14.9 Å². The quantitative estimate of drug-likeness (QED) is 0.662. The fourth-order valence-corrected chi connectivity index (χ4v) is 2.25. The van der Waals surface area contributed by atoms with Gasteiger partial charge in [-0.2, -0.15) is 4.39 Å². The number of benzene rings is 1. The molecule has 1 N–H and O–H groups in total. The molecule has 1 amide bonds. The molecule has 0 aromatic heterocycles. The Hall–Kier alpha value is -2.02. The van der Waals surface area contributed by atoms with Crippen molar-refractivity contribution in [2.24, 2.45) is 0 Å². The van der Waals surface area contributed by atoms with Crippen LogP contribution in [0.1, 0.15) is 23.2 Å². The Balaban J connectivity index is 2.25. The first-order valence-electron chi connectivity index (χ1n) is 5.90. The number of carbonyl (C=O) groups is 1. The number of aliphatic hydroxyl groups excluding tert-OH is 1. The first-order valence-corrected chi connectivity index (χ1v) is 5.90. The van der Waals surface area contributed by atoms with Gasteiger partial charge < -0.3 is 10.0 Å². The number of amides is 1. The second kappa shape index (κ2) is 5.31. The highest BCUT2D eigenvalue weighted by atomic mass is 19.1. The minimum atomic E-state index is -1.03. The van der Waals surface area contributed by atoms with E-state index in [4.69, 9.17) is 5.11 Å². The number of nitrogens with zero attached hydrogens (tertiary/aromatic N) is 2. The molecule has 0 bridgehead atoms. The lowest BCUT2D eigenvalue weighted by atomic mass is 10.1. The summed E-state index contributed by atoms with van der Waals surface area (Å²) in [6, 6.07) is 2.82. The standard InChI is InChI=1S/C12H13FN2O4/c13-10-6-8(3-4-11(10)15(18)19)12(17)14-5-1-2-9(14)7-16/h3-4,6,9,16H,1-2,5,7H2/t9-/m0/s1. The highest BCUT2D eigenvalue weighted by Gasteiger charge is 2.29. The molecule has 6 nitrogen and oxygen atoms in total. The summed E-state index contributed by atoms with van der Waals surface area (Å²) in [6.45, 7) is 0.365. The monoisotopic (exact) mass is 268 g/mol. The molecule has 19 heavy (non-hydrogen) atoms. The van der Waals surface area contributed by atoms with Crippen molar-refractivity contribution >= 4 is 11.6 Å². The zero-order valence-electron chi connectivity index (χ0n) is 10.1. The van der Waals surface area contributed by atoms with Gasteiger partial charge in [-0.15, -0.1) is 0 Å². The van der Waals surface area contributed by atoms with E-state index in [2.05, 4.69) is 0 Å². The second-order valence-corrected chi connectivity index (χ2v) is 4.40. The van der Waals surface area contributed by atoms with E-state index in [0.717, 1.165) is 18.6 Å². The maximum Gasteiger partial charge on any atom is 0.304 e. The normalized spacial score (nSPS) is 18.6. The van der Waals surface area contributed by atoms with Gasteiger partial charge in [-0.1, -0.05) is 0 Å². The summed E-state index contributed by atoms with van der Waals surface area (Å²) < 4.78 is 13.5. The zero-order chi connectivity index (χ0) is 14.0. The van der Waals surface area contributed by atoms with Crippen molar-refractivity contribution in [3.63, 3.8) is 0 Å². The molecule has 0 saturated carbocycles. The van der Waals surface area contributed by atoms with E-state index in [-0.39, 0.29) is 18.2 Å². The maximum atomic E-state index is 13.5. The smallest absolute Gasteiger partial charge is 0.304 e. The molecule has 2 rings (SSSR count). The third-order valence-corrected chi connectivity index (χ3v) is 3.24. The molecule has 0 spiro atoms. The largest absolute Gasteiger partial charge is 0.394 e. The van der Waals surface area contributed by atoms with Crippen LogP contribution in [-0.2, 0) is 0 Å². The molecule has 1 aliphatic rings. The molecule has 1 atom stereocenters. The van der Waals surface area contributed by atoms with E-state index in [1.165, 1.54) is 11.0 Å². The van der Waals surface area contributed by atoms with Gasteiger partial charge in [0, 0.05) is 18.2 Å². The predicted octanol–water partition coefficient (Wildman–Crippen LogP) is 1.33. The van der Waals surface area contributed by atoms with Crippen LogP contribution < -0.4 is 0 Å². The molecule has 102 valence electrons. The van der Waals surface area contributed by atoms with Crippen molar-refractivity contribution in [2.75, 3.05) is 13.2 Å². The fraction of sp³-hybridized carbons (Fsp3) is 0.417. The lowest BCUT2D eigenvalue weighted by molar-refractivity contribution is -0.387. The summed E-state index contributed by atoms with van der Waals surface area (Å²) in [6.07, 6.45) is 1.49. The molecular weight excluding hydrogens is 255 g/mol. The average molecular weight is 268 g/mol. The highest BCUT2D eigenvalue weighted by molar-refractivity contribution is 5.94. The summed E-state index contributed by atoms with van der Waals surface area (Å²) in [7, 11) is 0. The zero-order valence-corrected chi connectivity index (χ0v) is 10.1. The molecule has 0 radical (unpaired) electrons. The minimum Gasteiger partial charge on any atom is -0.394 e. The number of nitro groups is 1. The Kier molecular flexibility index (Phi) is 3.75. The van der Waals surface area contributed by atoms with Gasteiger partial charge in [0.05, 0.1) is 17.6 Å². The van der Waals surface area contributed by atoms with Crippen molar-refractivity contribution in [1.82, 2.24) is 4.90 Å². The van der Waals surface area contributed by atoms with Gasteiger partial charge in [0.25, 0.3) is 5.91 Å². The number of rotatable bonds is 3. The van der Waals surface area contributed by atoms with Gasteiger partial charge in [0.2, 0.25) is 5.82 Å². The molecule has 1 aromatic carbocycles. The van der Waals surface area contributed by atoms with Gasteiger partial charge in [0.1, 0.15) is 0 Å². The van der Waals surface area contributed by atoms with Crippen LogP contribution in [0.3, 0.4) is 0 Å². The average Bonchev–Trinajstić information content (AvgIpc) is 2.85. The lowest BCUT2D eigenvalue weighted by Gasteiger charge is -2.22. The van der Waals surface area contributed by atoms with Crippen LogP contribution in [0.5, 0.6) is 0 Å². The van der Waals surface area contributed by atoms with Crippen LogP contribution in [0.2, 0.25) is 0 Å². The van der Waals surface area contributed by atoms with E-state index in [0.29, 0.717) is 13.0 Å². The minimum absolute atomic E-state index is 0.0588. The number of hydrogen-bond donors (Lipinski definition) is 1. The second-order valence-electron chi connectivity index (χ2n) is 4.40. The SMILES string of the molecule is O=C(c1ccc([N+](=O)[O-])c(F)c1)N1CCC[C@H]1CO. The van der Waals surface area contributed by atoms with Crippen LogP contribution >= 0.6 is 0 Å². The molecule has 1 fully saturated rings. The van der Waals surface area contributed by atoms with Gasteiger partial charge in [-0.05, 0) is 25.0 Å². The van der Waals surface area contributed by atoms with E-state index >= 15 is 0 Å². The third-order valence-electron chi connectivity index (χ3n) is 3.24. The fourth-order valence-electron chi connectivity index (χ4n) is 2.25. The molecule has 1 aliphatic heterocycles.